The molecule has 0 aromatic heterocycles. The predicted molar refractivity (Wildman–Crippen MR) is 57.6 cm³/mol. The second-order valence-corrected chi connectivity index (χ2v) is 3.55. The molecule has 19 heavy (non-hydrogen) atoms. The maximum atomic E-state index is 12.9. The van der Waals surface area contributed by atoms with Gasteiger partial charge in [0.2, 0.25) is 0 Å². The topological polar surface area (TPSA) is 75.6 Å². The molecule has 5 nitrogen and oxygen atoms in total. The predicted octanol–water partition coefficient (Wildman–Crippen LogP) is 1.63. The van der Waals surface area contributed by atoms with Gasteiger partial charge >= 0.3 is 12.6 Å². The Kier molecular flexibility index (Phi) is 4.74. The van der Waals surface area contributed by atoms with E-state index in [-0.39, 0.29) is 5.56 Å². The van der Waals surface area contributed by atoms with Crippen LogP contribution in [0, 0.1) is 5.82 Å². The molecular weight excluding hydrogens is 267 g/mol. The van der Waals surface area contributed by atoms with Crippen LogP contribution < -0.4 is 10.1 Å². The van der Waals surface area contributed by atoms with Gasteiger partial charge in [-0.15, -0.1) is 0 Å². The molecule has 104 valence electrons. The SMILES string of the molecule is C[C@H](NC(=O)c1ccc(F)cc1OC(F)F)C(=O)O. The molecule has 8 heteroatoms. The van der Waals surface area contributed by atoms with E-state index in [0.717, 1.165) is 12.1 Å². The Bertz CT molecular complexity index is 493. The van der Waals surface area contributed by atoms with Crippen molar-refractivity contribution in [2.75, 3.05) is 0 Å². The minimum Gasteiger partial charge on any atom is -0.480 e. The molecule has 2 N–H and O–H groups in total. The van der Waals surface area contributed by atoms with Crippen LogP contribution in [0.3, 0.4) is 0 Å². The standard InChI is InChI=1S/C11H10F3NO4/c1-5(10(17)18)15-9(16)7-3-2-6(12)4-8(7)19-11(13)14/h2-5,11H,1H3,(H,15,16)(H,17,18)/t5-/m0/s1. The van der Waals surface area contributed by atoms with E-state index in [9.17, 15) is 22.8 Å². The number of nitrogens with one attached hydrogen (secondary N) is 1. The summed E-state index contributed by atoms with van der Waals surface area (Å²) in [5, 5.41) is 10.7. The number of hydrogen-bond donors (Lipinski definition) is 2. The number of hydrogen-bond acceptors (Lipinski definition) is 3. The van der Waals surface area contributed by atoms with Crippen LogP contribution in [0.15, 0.2) is 18.2 Å². The average molecular weight is 277 g/mol. The number of amides is 1. The van der Waals surface area contributed by atoms with Crippen LogP contribution >= 0.6 is 0 Å². The summed E-state index contributed by atoms with van der Waals surface area (Å²) in [6.07, 6.45) is 0. The first-order chi connectivity index (χ1) is 8.81. The van der Waals surface area contributed by atoms with Gasteiger partial charge in [0.25, 0.3) is 5.91 Å². The third kappa shape index (κ3) is 4.16. The number of ether oxygens (including phenoxy) is 1. The van der Waals surface area contributed by atoms with Crippen molar-refractivity contribution in [3.63, 3.8) is 0 Å². The highest BCUT2D eigenvalue weighted by Gasteiger charge is 2.20. The molecule has 1 amide bonds. The lowest BCUT2D eigenvalue weighted by molar-refractivity contribution is -0.138. The largest absolute Gasteiger partial charge is 0.480 e. The summed E-state index contributed by atoms with van der Waals surface area (Å²) in [6, 6.07) is 1.19. The van der Waals surface area contributed by atoms with Crippen LogP contribution in [0.2, 0.25) is 0 Å². The molecular formula is C11H10F3NO4. The second kappa shape index (κ2) is 6.07. The molecule has 0 aliphatic heterocycles. The first-order valence-corrected chi connectivity index (χ1v) is 5.09. The summed E-state index contributed by atoms with van der Waals surface area (Å²) in [5.41, 5.74) is -0.380. The number of alkyl halides is 2. The number of aliphatic carboxylic acids is 1. The van der Waals surface area contributed by atoms with Gasteiger partial charge in [-0.25, -0.2) is 4.39 Å². The zero-order chi connectivity index (χ0) is 14.6. The lowest BCUT2D eigenvalue weighted by atomic mass is 10.1. The summed E-state index contributed by atoms with van der Waals surface area (Å²) in [7, 11) is 0. The number of carbonyl (C=O) groups excluding carboxylic acids is 1. The van der Waals surface area contributed by atoms with Crippen LogP contribution in [0.1, 0.15) is 17.3 Å². The third-order valence-corrected chi connectivity index (χ3v) is 2.12. The zero-order valence-electron chi connectivity index (χ0n) is 9.69. The highest BCUT2D eigenvalue weighted by Crippen LogP contribution is 2.22. The van der Waals surface area contributed by atoms with Gasteiger partial charge in [-0.05, 0) is 19.1 Å². The summed E-state index contributed by atoms with van der Waals surface area (Å²) < 4.78 is 41.1. The summed E-state index contributed by atoms with van der Waals surface area (Å²) in [4.78, 5) is 22.2. The van der Waals surface area contributed by atoms with Crippen molar-refractivity contribution in [1.29, 1.82) is 0 Å². The molecule has 0 aliphatic rings. The van der Waals surface area contributed by atoms with Crippen LogP contribution in [-0.4, -0.2) is 29.6 Å². The maximum Gasteiger partial charge on any atom is 0.387 e. The van der Waals surface area contributed by atoms with Gasteiger partial charge in [-0.3, -0.25) is 9.59 Å². The van der Waals surface area contributed by atoms with Gasteiger partial charge in [0.15, 0.2) is 0 Å². The Hall–Kier alpha value is -2.25. The summed E-state index contributed by atoms with van der Waals surface area (Å²) in [6.45, 7) is -2.04. The molecule has 0 unspecified atom stereocenters. The molecule has 1 rings (SSSR count). The van der Waals surface area contributed by atoms with E-state index in [2.05, 4.69) is 4.74 Å². The fraction of sp³-hybridized carbons (Fsp3) is 0.273. The highest BCUT2D eigenvalue weighted by molar-refractivity contribution is 5.98. The second-order valence-electron chi connectivity index (χ2n) is 3.55. The smallest absolute Gasteiger partial charge is 0.387 e. The number of halogens is 3. The highest BCUT2D eigenvalue weighted by atomic mass is 19.3. The quantitative estimate of drug-likeness (QED) is 0.857. The molecule has 0 saturated heterocycles. The first-order valence-electron chi connectivity index (χ1n) is 5.09. The van der Waals surface area contributed by atoms with Gasteiger partial charge in [0.05, 0.1) is 5.56 Å². The number of carbonyl (C=O) groups is 2. The minimum absolute atomic E-state index is 0.380. The van der Waals surface area contributed by atoms with Crippen LogP contribution in [0.5, 0.6) is 5.75 Å². The third-order valence-electron chi connectivity index (χ3n) is 2.12. The minimum atomic E-state index is -3.23. The zero-order valence-corrected chi connectivity index (χ0v) is 9.69. The summed E-state index contributed by atoms with van der Waals surface area (Å²) >= 11 is 0. The monoisotopic (exact) mass is 277 g/mol. The fourth-order valence-electron chi connectivity index (χ4n) is 1.21. The van der Waals surface area contributed by atoms with E-state index in [1.54, 1.807) is 0 Å². The van der Waals surface area contributed by atoms with Crippen molar-refractivity contribution in [3.8, 4) is 5.75 Å². The Labute approximate surface area is 106 Å². The normalized spacial score (nSPS) is 12.1. The molecule has 1 aromatic carbocycles. The van der Waals surface area contributed by atoms with Gasteiger partial charge in [-0.1, -0.05) is 0 Å². The average Bonchev–Trinajstić information content (AvgIpc) is 2.27. The molecule has 0 fully saturated rings. The van der Waals surface area contributed by atoms with Crippen LogP contribution in [-0.2, 0) is 4.79 Å². The Morgan fingerprint density at radius 1 is 1.37 bits per heavy atom. The Balaban J connectivity index is 2.98. The van der Waals surface area contributed by atoms with Gasteiger partial charge in [0, 0.05) is 6.07 Å². The summed E-state index contributed by atoms with van der Waals surface area (Å²) in [5.74, 6) is -3.78. The molecule has 0 spiro atoms. The first kappa shape index (κ1) is 14.8. The van der Waals surface area contributed by atoms with Crippen LogP contribution in [0.25, 0.3) is 0 Å². The molecule has 0 bridgehead atoms. The van der Waals surface area contributed by atoms with Crippen molar-refractivity contribution < 1.29 is 32.6 Å². The Morgan fingerprint density at radius 3 is 2.53 bits per heavy atom. The molecule has 1 aromatic rings. The van der Waals surface area contributed by atoms with Gasteiger partial charge < -0.3 is 15.2 Å². The maximum absolute atomic E-state index is 12.9. The molecule has 0 saturated carbocycles. The molecule has 0 aliphatic carbocycles. The van der Waals surface area contributed by atoms with Crippen LogP contribution in [0.4, 0.5) is 13.2 Å². The fourth-order valence-corrected chi connectivity index (χ4v) is 1.21. The molecule has 1 atom stereocenters. The Morgan fingerprint density at radius 2 is 2.00 bits per heavy atom. The van der Waals surface area contributed by atoms with Crippen molar-refractivity contribution in [3.05, 3.63) is 29.6 Å². The van der Waals surface area contributed by atoms with Crippen molar-refractivity contribution in [2.24, 2.45) is 0 Å². The van der Waals surface area contributed by atoms with E-state index in [4.69, 9.17) is 5.11 Å². The van der Waals surface area contributed by atoms with Crippen molar-refractivity contribution in [2.45, 2.75) is 19.6 Å². The van der Waals surface area contributed by atoms with E-state index in [0.29, 0.717) is 6.07 Å². The number of benzene rings is 1. The molecule has 0 radical (unpaired) electrons. The van der Waals surface area contributed by atoms with Crippen molar-refractivity contribution in [1.82, 2.24) is 5.32 Å². The van der Waals surface area contributed by atoms with E-state index >= 15 is 0 Å². The van der Waals surface area contributed by atoms with E-state index in [1.807, 2.05) is 5.32 Å². The van der Waals surface area contributed by atoms with E-state index < -0.39 is 36.1 Å². The number of rotatable bonds is 5. The van der Waals surface area contributed by atoms with E-state index in [1.165, 1.54) is 6.92 Å². The molecule has 0 heterocycles. The van der Waals surface area contributed by atoms with Gasteiger partial charge in [-0.2, -0.15) is 8.78 Å². The lowest BCUT2D eigenvalue weighted by Crippen LogP contribution is -2.38. The number of carboxylic acids is 1. The van der Waals surface area contributed by atoms with Crippen molar-refractivity contribution >= 4 is 11.9 Å². The number of carboxylic acid groups (broad SMARTS) is 1. The van der Waals surface area contributed by atoms with Gasteiger partial charge in [0.1, 0.15) is 17.6 Å². The lowest BCUT2D eigenvalue weighted by Gasteiger charge is -2.13.